The van der Waals surface area contributed by atoms with Crippen molar-refractivity contribution in [3.05, 3.63) is 88.3 Å². The zero-order valence-corrected chi connectivity index (χ0v) is 24.9. The Bertz CT molecular complexity index is 1470. The monoisotopic (exact) mass is 698 g/mol. The second kappa shape index (κ2) is 11.7. The molecule has 0 spiro atoms. The number of benzene rings is 2. The molecule has 40 heavy (non-hydrogen) atoms. The van der Waals surface area contributed by atoms with E-state index in [1.165, 1.54) is 62.9 Å². The van der Waals surface area contributed by atoms with Crippen LogP contribution in [0.3, 0.4) is 0 Å². The molecule has 0 unspecified atom stereocenters. The quantitative estimate of drug-likeness (QED) is 0.268. The Morgan fingerprint density at radius 1 is 1.12 bits per heavy atom. The number of amides is 2. The number of alkyl halides is 2. The van der Waals surface area contributed by atoms with Crippen molar-refractivity contribution in [3.8, 4) is 0 Å². The number of carbonyl (C=O) groups is 3. The molecule has 208 valence electrons. The number of hydrogen-bond acceptors (Lipinski definition) is 4. The molecule has 0 N–H and O–H groups in total. The summed E-state index contributed by atoms with van der Waals surface area (Å²) in [5, 5.41) is 0.581. The largest absolute Gasteiger partial charge is 0.297 e. The molecule has 2 atom stereocenters. The minimum Gasteiger partial charge on any atom is -0.297 e. The van der Waals surface area contributed by atoms with Gasteiger partial charge in [0.15, 0.2) is 5.78 Å². The molecule has 2 fully saturated rings. The summed E-state index contributed by atoms with van der Waals surface area (Å²) in [6.07, 6.45) is 2.14. The van der Waals surface area contributed by atoms with Crippen LogP contribution in [0.5, 0.6) is 0 Å². The van der Waals surface area contributed by atoms with Crippen molar-refractivity contribution in [2.45, 2.75) is 47.9 Å². The molecule has 2 amide bonds. The summed E-state index contributed by atoms with van der Waals surface area (Å²) in [6, 6.07) is 12.8. The first-order chi connectivity index (χ1) is 19.0. The Morgan fingerprint density at radius 2 is 1.88 bits per heavy atom. The number of ketones is 1. The first kappa shape index (κ1) is 28.9. The van der Waals surface area contributed by atoms with Crippen LogP contribution in [0.15, 0.2) is 66.9 Å². The molecule has 3 aromatic rings. The average molecular weight is 699 g/mol. The second-order valence-corrected chi connectivity index (χ2v) is 13.0. The van der Waals surface area contributed by atoms with Crippen LogP contribution >= 0.6 is 23.2 Å². The molecule has 2 aliphatic rings. The van der Waals surface area contributed by atoms with Crippen molar-refractivity contribution in [2.24, 2.45) is 5.92 Å². The summed E-state index contributed by atoms with van der Waals surface area (Å²) < 4.78 is 27.5. The summed E-state index contributed by atoms with van der Waals surface area (Å²) in [5.74, 6) is -1.89. The van der Waals surface area contributed by atoms with Gasteiger partial charge in [0, 0.05) is 53.2 Å². The number of hydrogen-bond donors (Lipinski definition) is 0. The third kappa shape index (κ3) is 6.01. The maximum Gasteiger partial charge on any atom is 0.296 e. The zero-order chi connectivity index (χ0) is 28.6. The fourth-order valence-corrected chi connectivity index (χ4v) is 7.15. The zero-order valence-electron chi connectivity index (χ0n) is 21.1. The van der Waals surface area contributed by atoms with Gasteiger partial charge in [0.2, 0.25) is 5.91 Å². The average Bonchev–Trinajstić information content (AvgIpc) is 3.27. The SMILES string of the molecule is O=C(CC1CC(F)([IH+])C1)[C@H](c1ccccc1Cl)N(C(=O)[C@@H]1CCC(=O)N1c1cc(Cl)ccn1)c1cccc(F)c1. The van der Waals surface area contributed by atoms with E-state index in [0.717, 1.165) is 6.07 Å². The third-order valence-corrected chi connectivity index (χ3v) is 8.75. The molecule has 1 saturated carbocycles. The standard InChI is InChI=1S/C29H25Cl2F2IN3O3/c30-18-10-11-35-25(13-18)37-23(8-9-26(37)39)28(40)36(20-5-3-4-19(32)14-20)27(21-6-1-2-7-22(21)31)24(38)12-17-15-29(33,34)16-17/h1-7,10-11,13-14,17,23,27,34H,8-9,12,15-16H2/q+1/t17?,23-,27-,29?/m0/s1. The van der Waals surface area contributed by atoms with Crippen molar-refractivity contribution >= 4 is 52.3 Å². The number of halogens is 5. The van der Waals surface area contributed by atoms with Crippen LogP contribution in [0.1, 0.15) is 43.7 Å². The molecule has 0 radical (unpaired) electrons. The van der Waals surface area contributed by atoms with E-state index in [-0.39, 0.29) is 66.2 Å². The molecule has 0 bridgehead atoms. The first-order valence-corrected chi connectivity index (χ1v) is 14.6. The number of rotatable bonds is 8. The molecule has 1 aliphatic carbocycles. The van der Waals surface area contributed by atoms with E-state index in [1.807, 2.05) is 0 Å². The van der Waals surface area contributed by atoms with E-state index in [2.05, 4.69) is 4.98 Å². The Balaban J connectivity index is 1.60. The molecule has 11 heteroatoms. The topological polar surface area (TPSA) is 70.6 Å². The van der Waals surface area contributed by atoms with Gasteiger partial charge in [-0.3, -0.25) is 24.2 Å². The summed E-state index contributed by atoms with van der Waals surface area (Å²) in [6.45, 7) is 0. The van der Waals surface area contributed by atoms with Gasteiger partial charge < -0.3 is 0 Å². The number of anilines is 2. The molecular weight excluding hydrogens is 674 g/mol. The molecule has 6 nitrogen and oxygen atoms in total. The van der Waals surface area contributed by atoms with Crippen LogP contribution in [0, 0.1) is 11.7 Å². The fraction of sp³-hybridized carbons (Fsp3) is 0.310. The number of carbonyl (C=O) groups excluding carboxylic acids is 3. The van der Waals surface area contributed by atoms with E-state index >= 15 is 0 Å². The van der Waals surface area contributed by atoms with Crippen LogP contribution in [0.2, 0.25) is 10.0 Å². The molecule has 1 aliphatic heterocycles. The van der Waals surface area contributed by atoms with Crippen molar-refractivity contribution in [2.75, 3.05) is 9.80 Å². The van der Waals surface area contributed by atoms with Gasteiger partial charge in [-0.15, -0.1) is 0 Å². The summed E-state index contributed by atoms with van der Waals surface area (Å²) in [4.78, 5) is 48.2. The molecule has 5 rings (SSSR count). The minimum atomic E-state index is -1.33. The van der Waals surface area contributed by atoms with E-state index in [4.69, 9.17) is 23.2 Å². The number of aromatic nitrogens is 1. The predicted molar refractivity (Wildman–Crippen MR) is 145 cm³/mol. The maximum absolute atomic E-state index is 14.5. The van der Waals surface area contributed by atoms with Crippen LogP contribution in [0.25, 0.3) is 0 Å². The first-order valence-electron chi connectivity index (χ1n) is 12.7. The van der Waals surface area contributed by atoms with Gasteiger partial charge in [-0.1, -0.05) is 47.5 Å². The lowest BCUT2D eigenvalue weighted by molar-refractivity contribution is -0.551. The number of pyridine rings is 1. The van der Waals surface area contributed by atoms with E-state index in [9.17, 15) is 23.2 Å². The van der Waals surface area contributed by atoms with Crippen molar-refractivity contribution in [3.63, 3.8) is 0 Å². The normalized spacial score (nSPS) is 23.0. The van der Waals surface area contributed by atoms with Gasteiger partial charge in [0.25, 0.3) is 32.2 Å². The van der Waals surface area contributed by atoms with E-state index < -0.39 is 27.5 Å². The lowest BCUT2D eigenvalue weighted by atomic mass is 9.78. The third-order valence-electron chi connectivity index (χ3n) is 7.22. The Labute approximate surface area is 253 Å². The molecule has 2 heterocycles. The smallest absolute Gasteiger partial charge is 0.296 e. The van der Waals surface area contributed by atoms with Gasteiger partial charge in [-0.05, 0) is 48.7 Å². The highest BCUT2D eigenvalue weighted by Crippen LogP contribution is 2.41. The molecule has 1 aromatic heterocycles. The van der Waals surface area contributed by atoms with Crippen molar-refractivity contribution < 1.29 is 45.8 Å². The fourth-order valence-electron chi connectivity index (χ4n) is 5.42. The molecular formula is C29H25Cl2F2IN3O3+. The number of Topliss-reactive ketones (excluding diaryl/α,β-unsaturated/α-hetero) is 1. The highest BCUT2D eigenvalue weighted by atomic mass is 127. The minimum absolute atomic E-state index is 0.0132. The maximum atomic E-state index is 14.5. The van der Waals surface area contributed by atoms with Gasteiger partial charge in [0.1, 0.15) is 23.7 Å². The summed E-state index contributed by atoms with van der Waals surface area (Å²) in [7, 11) is 0. The summed E-state index contributed by atoms with van der Waals surface area (Å²) >= 11 is 14.1. The van der Waals surface area contributed by atoms with Crippen LogP contribution in [-0.4, -0.2) is 32.3 Å². The number of nitrogens with zero attached hydrogens (tertiary/aromatic N) is 3. The van der Waals surface area contributed by atoms with Gasteiger partial charge >= 0.3 is 0 Å². The highest BCUT2D eigenvalue weighted by Gasteiger charge is 2.52. The van der Waals surface area contributed by atoms with Gasteiger partial charge in [-0.25, -0.2) is 9.37 Å². The summed E-state index contributed by atoms with van der Waals surface area (Å²) in [5.41, 5.74) is 0.484. The van der Waals surface area contributed by atoms with Crippen LogP contribution < -0.4 is 32.4 Å². The van der Waals surface area contributed by atoms with Crippen LogP contribution in [-0.2, 0) is 14.4 Å². The Kier molecular flexibility index (Phi) is 8.45. The van der Waals surface area contributed by atoms with Crippen molar-refractivity contribution in [1.29, 1.82) is 0 Å². The Morgan fingerprint density at radius 3 is 2.55 bits per heavy atom. The predicted octanol–water partition coefficient (Wildman–Crippen LogP) is 3.12. The molecule has 1 saturated heterocycles. The van der Waals surface area contributed by atoms with Crippen LogP contribution in [0.4, 0.5) is 20.3 Å². The lowest BCUT2D eigenvalue weighted by Gasteiger charge is -2.37. The second-order valence-electron chi connectivity index (χ2n) is 10.1. The van der Waals surface area contributed by atoms with Crippen molar-refractivity contribution in [1.82, 2.24) is 4.98 Å². The Hall–Kier alpha value is -2.63. The van der Waals surface area contributed by atoms with Gasteiger partial charge in [-0.2, -0.15) is 4.39 Å². The van der Waals surface area contributed by atoms with E-state index in [1.54, 1.807) is 30.3 Å². The molecule has 2 aromatic carbocycles. The highest BCUT2D eigenvalue weighted by molar-refractivity contribution is 6.32. The lowest BCUT2D eigenvalue weighted by Crippen LogP contribution is -3.43. The van der Waals surface area contributed by atoms with Gasteiger partial charge in [0.05, 0.1) is 0 Å². The van der Waals surface area contributed by atoms with E-state index in [0.29, 0.717) is 10.6 Å².